The van der Waals surface area contributed by atoms with Crippen molar-refractivity contribution in [1.82, 2.24) is 9.88 Å². The number of nitriles is 1. The second-order valence-electron chi connectivity index (χ2n) is 5.30. The fourth-order valence-electron chi connectivity index (χ4n) is 2.24. The molecular weight excluding hydrogens is 306 g/mol. The number of benzene rings is 2. The molecule has 1 heterocycles. The molecule has 0 amide bonds. The molecule has 2 aromatic carbocycles. The Morgan fingerprint density at radius 3 is 2.70 bits per heavy atom. The molecule has 0 spiro atoms. The topological polar surface area (TPSA) is 49.1 Å². The lowest BCUT2D eigenvalue weighted by atomic mass is 10.2. The van der Waals surface area contributed by atoms with E-state index in [9.17, 15) is 0 Å². The summed E-state index contributed by atoms with van der Waals surface area (Å²) in [6, 6.07) is 17.5. The van der Waals surface area contributed by atoms with E-state index in [1.54, 1.807) is 23.5 Å². The van der Waals surface area contributed by atoms with Gasteiger partial charge in [0.15, 0.2) is 0 Å². The van der Waals surface area contributed by atoms with Crippen molar-refractivity contribution in [1.29, 1.82) is 5.26 Å². The summed E-state index contributed by atoms with van der Waals surface area (Å²) in [5.74, 6) is 0.789. The second kappa shape index (κ2) is 7.23. The summed E-state index contributed by atoms with van der Waals surface area (Å²) in [7, 11) is 2.06. The van der Waals surface area contributed by atoms with Gasteiger partial charge in [-0.25, -0.2) is 4.98 Å². The highest BCUT2D eigenvalue weighted by Crippen LogP contribution is 2.22. The Morgan fingerprint density at radius 2 is 1.96 bits per heavy atom. The van der Waals surface area contributed by atoms with Gasteiger partial charge in [-0.3, -0.25) is 4.90 Å². The van der Waals surface area contributed by atoms with Crippen LogP contribution in [0, 0.1) is 11.3 Å². The fraction of sp³-hybridized carbons (Fsp3) is 0.222. The molecule has 1 aromatic heterocycles. The first kappa shape index (κ1) is 15.5. The predicted octanol–water partition coefficient (Wildman–Crippen LogP) is 3.68. The van der Waals surface area contributed by atoms with Crippen molar-refractivity contribution < 1.29 is 4.74 Å². The number of likely N-dealkylation sites (N-methyl/N-ethyl adjacent to an activating group) is 1. The molecule has 3 rings (SSSR count). The molecule has 0 atom stereocenters. The molecule has 0 saturated heterocycles. The summed E-state index contributed by atoms with van der Waals surface area (Å²) < 4.78 is 6.93. The van der Waals surface area contributed by atoms with Crippen LogP contribution in [0.25, 0.3) is 10.2 Å². The van der Waals surface area contributed by atoms with E-state index in [1.165, 1.54) is 4.70 Å². The highest BCUT2D eigenvalue weighted by Gasteiger charge is 2.06. The average Bonchev–Trinajstić information content (AvgIpc) is 2.97. The first-order chi connectivity index (χ1) is 11.2. The van der Waals surface area contributed by atoms with Crippen molar-refractivity contribution in [2.45, 2.75) is 6.54 Å². The van der Waals surface area contributed by atoms with Crippen LogP contribution in [-0.2, 0) is 6.54 Å². The standard InChI is InChI=1S/C18H17N3OS/c1-21(10-11-22-15-8-6-14(12-19)7-9-15)13-18-20-16-4-2-3-5-17(16)23-18/h2-9H,10-11,13H2,1H3. The van der Waals surface area contributed by atoms with Crippen LogP contribution in [0.3, 0.4) is 0 Å². The van der Waals surface area contributed by atoms with Crippen molar-refractivity contribution in [2.75, 3.05) is 20.2 Å². The van der Waals surface area contributed by atoms with Gasteiger partial charge in [0.1, 0.15) is 17.4 Å². The second-order valence-corrected chi connectivity index (χ2v) is 6.41. The Balaban J connectivity index is 1.49. The van der Waals surface area contributed by atoms with Gasteiger partial charge in [-0.2, -0.15) is 5.26 Å². The van der Waals surface area contributed by atoms with Gasteiger partial charge >= 0.3 is 0 Å². The van der Waals surface area contributed by atoms with Gasteiger partial charge in [-0.05, 0) is 43.4 Å². The van der Waals surface area contributed by atoms with Crippen LogP contribution >= 0.6 is 11.3 Å². The first-order valence-electron chi connectivity index (χ1n) is 7.40. The van der Waals surface area contributed by atoms with E-state index < -0.39 is 0 Å². The zero-order valence-corrected chi connectivity index (χ0v) is 13.7. The third-order valence-electron chi connectivity index (χ3n) is 3.47. The van der Waals surface area contributed by atoms with Crippen LogP contribution in [0.15, 0.2) is 48.5 Å². The fourth-order valence-corrected chi connectivity index (χ4v) is 3.29. The molecule has 4 nitrogen and oxygen atoms in total. The number of hydrogen-bond donors (Lipinski definition) is 0. The lowest BCUT2D eigenvalue weighted by Gasteiger charge is -2.15. The maximum atomic E-state index is 8.77. The number of ether oxygens (including phenoxy) is 1. The summed E-state index contributed by atoms with van der Waals surface area (Å²) >= 11 is 1.74. The van der Waals surface area contributed by atoms with E-state index >= 15 is 0 Å². The van der Waals surface area contributed by atoms with Gasteiger partial charge in [-0.15, -0.1) is 11.3 Å². The normalized spacial score (nSPS) is 10.8. The number of aromatic nitrogens is 1. The number of rotatable bonds is 6. The van der Waals surface area contributed by atoms with E-state index in [1.807, 2.05) is 30.3 Å². The quantitative estimate of drug-likeness (QED) is 0.694. The first-order valence-corrected chi connectivity index (χ1v) is 8.22. The Kier molecular flexibility index (Phi) is 4.86. The minimum atomic E-state index is 0.604. The van der Waals surface area contributed by atoms with Crippen LogP contribution in [0.1, 0.15) is 10.6 Å². The third-order valence-corrected chi connectivity index (χ3v) is 4.49. The van der Waals surface area contributed by atoms with Gasteiger partial charge in [-0.1, -0.05) is 12.1 Å². The zero-order chi connectivity index (χ0) is 16.1. The number of hydrogen-bond acceptors (Lipinski definition) is 5. The van der Waals surface area contributed by atoms with Gasteiger partial charge < -0.3 is 4.74 Å². The summed E-state index contributed by atoms with van der Waals surface area (Å²) in [6.45, 7) is 2.24. The molecular formula is C18H17N3OS. The van der Waals surface area contributed by atoms with E-state index in [0.717, 1.165) is 29.4 Å². The van der Waals surface area contributed by atoms with E-state index in [0.29, 0.717) is 12.2 Å². The number of fused-ring (bicyclic) bond motifs is 1. The molecule has 0 N–H and O–H groups in total. The van der Waals surface area contributed by atoms with E-state index in [-0.39, 0.29) is 0 Å². The molecule has 0 fully saturated rings. The molecule has 0 saturated carbocycles. The van der Waals surface area contributed by atoms with Crippen LogP contribution in [0.4, 0.5) is 0 Å². The van der Waals surface area contributed by atoms with Gasteiger partial charge in [0, 0.05) is 6.54 Å². The summed E-state index contributed by atoms with van der Waals surface area (Å²) in [4.78, 5) is 6.84. The third kappa shape index (κ3) is 4.07. The predicted molar refractivity (Wildman–Crippen MR) is 92.6 cm³/mol. The molecule has 0 radical (unpaired) electrons. The van der Waals surface area contributed by atoms with Gasteiger partial charge in [0.2, 0.25) is 0 Å². The highest BCUT2D eigenvalue weighted by atomic mass is 32.1. The number of thiazole rings is 1. The molecule has 0 unspecified atom stereocenters. The zero-order valence-electron chi connectivity index (χ0n) is 12.9. The average molecular weight is 323 g/mol. The Morgan fingerprint density at radius 1 is 1.17 bits per heavy atom. The molecule has 0 bridgehead atoms. The largest absolute Gasteiger partial charge is 0.492 e. The minimum Gasteiger partial charge on any atom is -0.492 e. The van der Waals surface area contributed by atoms with Crippen molar-refractivity contribution in [3.8, 4) is 11.8 Å². The maximum Gasteiger partial charge on any atom is 0.119 e. The van der Waals surface area contributed by atoms with Crippen molar-refractivity contribution >= 4 is 21.6 Å². The minimum absolute atomic E-state index is 0.604. The highest BCUT2D eigenvalue weighted by molar-refractivity contribution is 7.18. The summed E-state index contributed by atoms with van der Waals surface area (Å²) in [5.41, 5.74) is 1.71. The van der Waals surface area contributed by atoms with Crippen LogP contribution in [0.2, 0.25) is 0 Å². The Labute approximate surface area is 139 Å². The summed E-state index contributed by atoms with van der Waals surface area (Å²) in [5, 5.41) is 9.89. The molecule has 23 heavy (non-hydrogen) atoms. The lowest BCUT2D eigenvalue weighted by molar-refractivity contribution is 0.233. The van der Waals surface area contributed by atoms with Crippen LogP contribution < -0.4 is 4.74 Å². The van der Waals surface area contributed by atoms with Crippen molar-refractivity contribution in [3.63, 3.8) is 0 Å². The maximum absolute atomic E-state index is 8.77. The van der Waals surface area contributed by atoms with E-state index in [4.69, 9.17) is 10.00 Å². The Bertz CT molecular complexity index is 787. The van der Waals surface area contributed by atoms with Crippen molar-refractivity contribution in [3.05, 3.63) is 59.1 Å². The molecule has 0 aliphatic carbocycles. The SMILES string of the molecule is CN(CCOc1ccc(C#N)cc1)Cc1nc2ccccc2s1. The van der Waals surface area contributed by atoms with Gasteiger partial charge in [0.05, 0.1) is 28.4 Å². The molecule has 0 aliphatic heterocycles. The van der Waals surface area contributed by atoms with Crippen LogP contribution in [-0.4, -0.2) is 30.1 Å². The number of nitrogens with zero attached hydrogens (tertiary/aromatic N) is 3. The van der Waals surface area contributed by atoms with Gasteiger partial charge in [0.25, 0.3) is 0 Å². The van der Waals surface area contributed by atoms with Crippen molar-refractivity contribution in [2.24, 2.45) is 0 Å². The smallest absolute Gasteiger partial charge is 0.119 e. The molecule has 3 aromatic rings. The lowest BCUT2D eigenvalue weighted by Crippen LogP contribution is -2.23. The molecule has 5 heteroatoms. The Hall–Kier alpha value is -2.42. The molecule has 116 valence electrons. The summed E-state index contributed by atoms with van der Waals surface area (Å²) in [6.07, 6.45) is 0. The van der Waals surface area contributed by atoms with E-state index in [2.05, 4.69) is 29.1 Å². The molecule has 0 aliphatic rings. The monoisotopic (exact) mass is 323 g/mol. The number of para-hydroxylation sites is 1. The van der Waals surface area contributed by atoms with Crippen LogP contribution in [0.5, 0.6) is 5.75 Å².